The first kappa shape index (κ1) is 28.8. The summed E-state index contributed by atoms with van der Waals surface area (Å²) >= 11 is 0. The van der Waals surface area contributed by atoms with Crippen LogP contribution in [0.5, 0.6) is 11.6 Å². The SMILES string of the molecule is Cc1ccc2c(CS(=O)(=O)Cc3ccccc3)cccc2c1Oc1ncccc1-c1ccnc(NC2CCC(N)CC2)n1. The van der Waals surface area contributed by atoms with Crippen LogP contribution >= 0.6 is 0 Å². The number of nitrogens with one attached hydrogen (secondary N) is 1. The van der Waals surface area contributed by atoms with Crippen molar-refractivity contribution in [2.75, 3.05) is 5.32 Å². The first-order valence-corrected chi connectivity index (χ1v) is 16.4. The molecule has 0 aliphatic heterocycles. The number of aryl methyl sites for hydroxylation is 1. The molecule has 1 fully saturated rings. The number of rotatable bonds is 9. The Balaban J connectivity index is 1.29. The minimum atomic E-state index is -3.40. The number of nitrogens with two attached hydrogens (primary N) is 1. The number of benzene rings is 3. The maximum Gasteiger partial charge on any atom is 0.228 e. The van der Waals surface area contributed by atoms with Gasteiger partial charge in [0.2, 0.25) is 11.8 Å². The van der Waals surface area contributed by atoms with Crippen molar-refractivity contribution in [3.8, 4) is 22.9 Å². The normalized spacial score (nSPS) is 17.1. The van der Waals surface area contributed by atoms with Crippen molar-refractivity contribution in [3.63, 3.8) is 0 Å². The Kier molecular flexibility index (Phi) is 8.35. The van der Waals surface area contributed by atoms with Gasteiger partial charge in [0, 0.05) is 29.9 Å². The van der Waals surface area contributed by atoms with E-state index in [0.717, 1.165) is 58.7 Å². The molecule has 0 amide bonds. The minimum Gasteiger partial charge on any atom is -0.437 e. The van der Waals surface area contributed by atoms with Crippen LogP contribution in [0, 0.1) is 6.92 Å². The zero-order valence-electron chi connectivity index (χ0n) is 24.1. The highest BCUT2D eigenvalue weighted by atomic mass is 32.2. The highest BCUT2D eigenvalue weighted by Gasteiger charge is 2.21. The van der Waals surface area contributed by atoms with Gasteiger partial charge in [-0.15, -0.1) is 0 Å². The number of anilines is 1. The predicted octanol–water partition coefficient (Wildman–Crippen LogP) is 6.59. The Morgan fingerprint density at radius 2 is 1.65 bits per heavy atom. The van der Waals surface area contributed by atoms with E-state index in [4.69, 9.17) is 15.5 Å². The fourth-order valence-corrected chi connectivity index (χ4v) is 7.20. The zero-order valence-corrected chi connectivity index (χ0v) is 24.9. The Bertz CT molecular complexity index is 1840. The number of aromatic nitrogens is 3. The summed E-state index contributed by atoms with van der Waals surface area (Å²) in [5.41, 5.74) is 9.92. The molecular formula is C34H35N5O3S. The van der Waals surface area contributed by atoms with E-state index in [-0.39, 0.29) is 17.5 Å². The van der Waals surface area contributed by atoms with E-state index < -0.39 is 9.84 Å². The van der Waals surface area contributed by atoms with Crippen LogP contribution in [0.3, 0.4) is 0 Å². The van der Waals surface area contributed by atoms with Gasteiger partial charge < -0.3 is 15.8 Å². The van der Waals surface area contributed by atoms with E-state index in [1.54, 1.807) is 12.4 Å². The molecule has 220 valence electrons. The lowest BCUT2D eigenvalue weighted by molar-refractivity contribution is 0.410. The van der Waals surface area contributed by atoms with Crippen molar-refractivity contribution >= 4 is 26.6 Å². The second-order valence-electron chi connectivity index (χ2n) is 11.2. The van der Waals surface area contributed by atoms with E-state index >= 15 is 0 Å². The fourth-order valence-electron chi connectivity index (χ4n) is 5.67. The molecule has 1 aliphatic carbocycles. The molecule has 0 bridgehead atoms. The van der Waals surface area contributed by atoms with E-state index in [1.165, 1.54) is 0 Å². The van der Waals surface area contributed by atoms with Crippen molar-refractivity contribution in [2.45, 2.75) is 56.2 Å². The molecule has 0 radical (unpaired) electrons. The number of hydrogen-bond donors (Lipinski definition) is 2. The van der Waals surface area contributed by atoms with Gasteiger partial charge in [-0.25, -0.2) is 23.4 Å². The maximum atomic E-state index is 13.2. The van der Waals surface area contributed by atoms with E-state index in [2.05, 4.69) is 15.3 Å². The van der Waals surface area contributed by atoms with Gasteiger partial charge >= 0.3 is 0 Å². The van der Waals surface area contributed by atoms with Gasteiger partial charge in [-0.05, 0) is 72.9 Å². The van der Waals surface area contributed by atoms with Crippen LogP contribution in [0.4, 0.5) is 5.95 Å². The molecule has 0 saturated heterocycles. The van der Waals surface area contributed by atoms with Crippen LogP contribution in [0.25, 0.3) is 22.0 Å². The molecule has 2 aromatic heterocycles. The molecule has 2 heterocycles. The highest BCUT2D eigenvalue weighted by molar-refractivity contribution is 7.89. The van der Waals surface area contributed by atoms with Crippen LogP contribution in [0.2, 0.25) is 0 Å². The summed E-state index contributed by atoms with van der Waals surface area (Å²) in [6, 6.07) is 25.1. The Labute approximate surface area is 252 Å². The third kappa shape index (κ3) is 6.84. The lowest BCUT2D eigenvalue weighted by Crippen LogP contribution is -2.33. The number of nitrogens with zero attached hydrogens (tertiary/aromatic N) is 3. The average Bonchev–Trinajstić information content (AvgIpc) is 3.00. The third-order valence-corrected chi connectivity index (χ3v) is 9.43. The fraction of sp³-hybridized carbons (Fsp3) is 0.265. The van der Waals surface area contributed by atoms with Gasteiger partial charge in [-0.1, -0.05) is 60.7 Å². The van der Waals surface area contributed by atoms with Gasteiger partial charge in [0.05, 0.1) is 22.8 Å². The number of fused-ring (bicyclic) bond motifs is 1. The minimum absolute atomic E-state index is 0.0131. The molecule has 3 N–H and O–H groups in total. The molecule has 6 rings (SSSR count). The largest absolute Gasteiger partial charge is 0.437 e. The van der Waals surface area contributed by atoms with Crippen molar-refractivity contribution in [3.05, 3.63) is 108 Å². The molecule has 0 atom stereocenters. The highest BCUT2D eigenvalue weighted by Crippen LogP contribution is 2.38. The molecule has 8 nitrogen and oxygen atoms in total. The van der Waals surface area contributed by atoms with Gasteiger partial charge in [0.25, 0.3) is 0 Å². The van der Waals surface area contributed by atoms with Crippen molar-refractivity contribution < 1.29 is 13.2 Å². The number of sulfone groups is 1. The summed E-state index contributed by atoms with van der Waals surface area (Å²) in [5.74, 6) is 1.52. The molecular weight excluding hydrogens is 558 g/mol. The van der Waals surface area contributed by atoms with Gasteiger partial charge in [0.15, 0.2) is 9.84 Å². The second kappa shape index (κ2) is 12.5. The second-order valence-corrected chi connectivity index (χ2v) is 13.3. The van der Waals surface area contributed by atoms with Crippen LogP contribution < -0.4 is 15.8 Å². The first-order valence-electron chi connectivity index (χ1n) is 14.6. The molecule has 0 spiro atoms. The molecule has 0 unspecified atom stereocenters. The number of hydrogen-bond acceptors (Lipinski definition) is 8. The average molecular weight is 594 g/mol. The van der Waals surface area contributed by atoms with E-state index in [1.807, 2.05) is 85.8 Å². The number of ether oxygens (including phenoxy) is 1. The van der Waals surface area contributed by atoms with Crippen LogP contribution in [0.1, 0.15) is 42.4 Å². The molecule has 3 aromatic carbocycles. The molecule has 1 saturated carbocycles. The van der Waals surface area contributed by atoms with Crippen LogP contribution in [-0.2, 0) is 21.3 Å². The number of pyridine rings is 1. The summed E-state index contributed by atoms with van der Waals surface area (Å²) < 4.78 is 32.9. The zero-order chi connectivity index (χ0) is 29.8. The topological polar surface area (TPSA) is 120 Å². The monoisotopic (exact) mass is 593 g/mol. The molecule has 43 heavy (non-hydrogen) atoms. The van der Waals surface area contributed by atoms with Crippen molar-refractivity contribution in [1.82, 2.24) is 15.0 Å². The third-order valence-electron chi connectivity index (χ3n) is 7.91. The Morgan fingerprint density at radius 3 is 2.47 bits per heavy atom. The predicted molar refractivity (Wildman–Crippen MR) is 171 cm³/mol. The summed E-state index contributed by atoms with van der Waals surface area (Å²) in [6.07, 6.45) is 7.39. The van der Waals surface area contributed by atoms with Crippen molar-refractivity contribution in [2.24, 2.45) is 5.73 Å². The maximum absolute atomic E-state index is 13.2. The summed E-state index contributed by atoms with van der Waals surface area (Å²) in [5, 5.41) is 5.12. The standard InChI is InChI=1S/C34H35N5O3S/c1-23-12-17-28-25(22-43(40,41)21-24-7-3-2-4-8-24)9-5-10-29(28)32(23)42-33-30(11-6-19-36-33)31-18-20-37-34(39-31)38-27-15-13-26(35)14-16-27/h2-12,17-20,26-27H,13-16,21-22,35H2,1H3,(H,37,38,39). The molecule has 1 aliphatic rings. The Hall–Kier alpha value is -4.34. The van der Waals surface area contributed by atoms with Gasteiger partial charge in [-0.3, -0.25) is 0 Å². The van der Waals surface area contributed by atoms with Gasteiger partial charge in [0.1, 0.15) is 5.75 Å². The van der Waals surface area contributed by atoms with E-state index in [0.29, 0.717) is 29.3 Å². The summed E-state index contributed by atoms with van der Waals surface area (Å²) in [7, 11) is -3.40. The van der Waals surface area contributed by atoms with Crippen molar-refractivity contribution in [1.29, 1.82) is 0 Å². The van der Waals surface area contributed by atoms with Crippen LogP contribution in [-0.4, -0.2) is 35.5 Å². The molecule has 9 heteroatoms. The lowest BCUT2D eigenvalue weighted by atomic mass is 9.92. The van der Waals surface area contributed by atoms with Gasteiger partial charge in [-0.2, -0.15) is 0 Å². The molecule has 5 aromatic rings. The summed E-state index contributed by atoms with van der Waals surface area (Å²) in [4.78, 5) is 13.8. The lowest BCUT2D eigenvalue weighted by Gasteiger charge is -2.26. The Morgan fingerprint density at radius 1 is 0.837 bits per heavy atom. The van der Waals surface area contributed by atoms with Crippen LogP contribution in [0.15, 0.2) is 91.3 Å². The quantitative estimate of drug-likeness (QED) is 0.196. The smallest absolute Gasteiger partial charge is 0.228 e. The summed E-state index contributed by atoms with van der Waals surface area (Å²) in [6.45, 7) is 1.97. The first-order chi connectivity index (χ1) is 20.8. The van der Waals surface area contributed by atoms with E-state index in [9.17, 15) is 8.42 Å².